The number of piperidine rings is 1. The number of aliphatic hydroxyl groups is 1. The van der Waals surface area contributed by atoms with Gasteiger partial charge in [-0.2, -0.15) is 0 Å². The first-order valence-corrected chi connectivity index (χ1v) is 7.10. The quantitative estimate of drug-likeness (QED) is 0.823. The van der Waals surface area contributed by atoms with Gasteiger partial charge in [-0.05, 0) is 44.2 Å². The summed E-state index contributed by atoms with van der Waals surface area (Å²) in [7, 11) is 0. The van der Waals surface area contributed by atoms with Crippen molar-refractivity contribution in [2.45, 2.75) is 32.8 Å². The Morgan fingerprint density at radius 2 is 2.16 bits per heavy atom. The molecule has 3 N–H and O–H groups in total. The van der Waals surface area contributed by atoms with Gasteiger partial charge in [0.1, 0.15) is 10.8 Å². The van der Waals surface area contributed by atoms with Crippen LogP contribution >= 0.6 is 12.2 Å². The maximum Gasteiger partial charge on any atom is 0.139 e. The van der Waals surface area contributed by atoms with E-state index in [0.717, 1.165) is 42.9 Å². The highest BCUT2D eigenvalue weighted by molar-refractivity contribution is 7.80. The maximum absolute atomic E-state index is 9.65. The Bertz CT molecular complexity index is 468. The smallest absolute Gasteiger partial charge is 0.139 e. The van der Waals surface area contributed by atoms with Crippen molar-refractivity contribution in [1.82, 2.24) is 4.98 Å². The molecule has 0 radical (unpaired) electrons. The molecule has 2 rings (SSSR count). The lowest BCUT2D eigenvalue weighted by atomic mass is 9.92. The first kappa shape index (κ1) is 14.2. The van der Waals surface area contributed by atoms with Gasteiger partial charge in [0.25, 0.3) is 0 Å². The molecule has 0 saturated carbocycles. The molecular weight excluding hydrogens is 258 g/mol. The number of aryl methyl sites for hydroxylation is 1. The Labute approximate surface area is 119 Å². The zero-order valence-corrected chi connectivity index (χ0v) is 12.3. The molecule has 1 saturated heterocycles. The highest BCUT2D eigenvalue weighted by Gasteiger charge is 2.25. The summed E-state index contributed by atoms with van der Waals surface area (Å²) in [5.74, 6) is 1.27. The SMILES string of the molecule is Cc1ccnc(N2CCC(C(C)O)CC2)c1C(N)=S. The second kappa shape index (κ2) is 5.84. The van der Waals surface area contributed by atoms with Gasteiger partial charge in [-0.15, -0.1) is 0 Å². The fourth-order valence-corrected chi connectivity index (χ4v) is 2.93. The van der Waals surface area contributed by atoms with Gasteiger partial charge in [0, 0.05) is 19.3 Å². The number of rotatable bonds is 3. The zero-order chi connectivity index (χ0) is 14.0. The monoisotopic (exact) mass is 279 g/mol. The molecule has 0 aromatic carbocycles. The van der Waals surface area contributed by atoms with Crippen molar-refractivity contribution in [2.75, 3.05) is 18.0 Å². The Morgan fingerprint density at radius 3 is 2.68 bits per heavy atom. The second-order valence-electron chi connectivity index (χ2n) is 5.26. The van der Waals surface area contributed by atoms with Gasteiger partial charge >= 0.3 is 0 Å². The lowest BCUT2D eigenvalue weighted by Crippen LogP contribution is -2.38. The molecule has 0 aliphatic carbocycles. The van der Waals surface area contributed by atoms with E-state index in [2.05, 4.69) is 9.88 Å². The van der Waals surface area contributed by atoms with Crippen LogP contribution in [-0.2, 0) is 0 Å². The standard InChI is InChI=1S/C14H21N3OS/c1-9-3-6-16-14(12(9)13(15)19)17-7-4-11(5-8-17)10(2)18/h3,6,10-11,18H,4-5,7-8H2,1-2H3,(H2,15,19). The minimum absolute atomic E-state index is 0.234. The van der Waals surface area contributed by atoms with Gasteiger partial charge in [0.15, 0.2) is 0 Å². The summed E-state index contributed by atoms with van der Waals surface area (Å²) in [4.78, 5) is 7.07. The Kier molecular flexibility index (Phi) is 4.37. The summed E-state index contributed by atoms with van der Waals surface area (Å²) in [6, 6.07) is 1.93. The Balaban J connectivity index is 2.20. The van der Waals surface area contributed by atoms with Crippen LogP contribution in [0.5, 0.6) is 0 Å². The predicted octanol–water partition coefficient (Wildman–Crippen LogP) is 1.62. The van der Waals surface area contributed by atoms with Gasteiger partial charge in [0.05, 0.1) is 11.7 Å². The summed E-state index contributed by atoms with van der Waals surface area (Å²) < 4.78 is 0. The largest absolute Gasteiger partial charge is 0.393 e. The van der Waals surface area contributed by atoms with Crippen LogP contribution in [0.1, 0.15) is 30.9 Å². The molecule has 1 aliphatic heterocycles. The molecule has 104 valence electrons. The van der Waals surface area contributed by atoms with Crippen molar-refractivity contribution in [3.63, 3.8) is 0 Å². The van der Waals surface area contributed by atoms with Crippen molar-refractivity contribution in [2.24, 2.45) is 11.7 Å². The summed E-state index contributed by atoms with van der Waals surface area (Å²) in [6.45, 7) is 5.65. The van der Waals surface area contributed by atoms with Crippen LogP contribution in [0, 0.1) is 12.8 Å². The average molecular weight is 279 g/mol. The number of anilines is 1. The molecule has 0 spiro atoms. The van der Waals surface area contributed by atoms with Crippen LogP contribution < -0.4 is 10.6 Å². The molecule has 19 heavy (non-hydrogen) atoms. The lowest BCUT2D eigenvalue weighted by Gasteiger charge is -2.35. The summed E-state index contributed by atoms with van der Waals surface area (Å²) in [5.41, 5.74) is 7.77. The van der Waals surface area contributed by atoms with E-state index in [1.165, 1.54) is 0 Å². The predicted molar refractivity (Wildman–Crippen MR) is 81.5 cm³/mol. The minimum Gasteiger partial charge on any atom is -0.393 e. The molecule has 1 aromatic heterocycles. The third-order valence-electron chi connectivity index (χ3n) is 3.91. The van der Waals surface area contributed by atoms with E-state index < -0.39 is 0 Å². The highest BCUT2D eigenvalue weighted by atomic mass is 32.1. The Hall–Kier alpha value is -1.20. The van der Waals surface area contributed by atoms with E-state index in [1.54, 1.807) is 6.20 Å². The van der Waals surface area contributed by atoms with Crippen molar-refractivity contribution >= 4 is 23.0 Å². The van der Waals surface area contributed by atoms with E-state index in [4.69, 9.17) is 18.0 Å². The number of nitrogens with zero attached hydrogens (tertiary/aromatic N) is 2. The second-order valence-corrected chi connectivity index (χ2v) is 5.70. The number of aromatic nitrogens is 1. The van der Waals surface area contributed by atoms with Crippen molar-refractivity contribution in [1.29, 1.82) is 0 Å². The van der Waals surface area contributed by atoms with Crippen LogP contribution in [0.4, 0.5) is 5.82 Å². The number of hydrogen-bond donors (Lipinski definition) is 2. The fraction of sp³-hybridized carbons (Fsp3) is 0.571. The van der Waals surface area contributed by atoms with Crippen molar-refractivity contribution in [3.8, 4) is 0 Å². The van der Waals surface area contributed by atoms with Gasteiger partial charge in [0.2, 0.25) is 0 Å². The molecule has 1 aliphatic rings. The minimum atomic E-state index is -0.234. The van der Waals surface area contributed by atoms with E-state index in [1.807, 2.05) is 19.9 Å². The first-order chi connectivity index (χ1) is 9.00. The van der Waals surface area contributed by atoms with Gasteiger partial charge in [-0.3, -0.25) is 0 Å². The fourth-order valence-electron chi connectivity index (χ4n) is 2.68. The molecule has 0 amide bonds. The molecule has 0 bridgehead atoms. The van der Waals surface area contributed by atoms with E-state index in [0.29, 0.717) is 10.9 Å². The molecule has 2 heterocycles. The highest BCUT2D eigenvalue weighted by Crippen LogP contribution is 2.27. The van der Waals surface area contributed by atoms with Crippen LogP contribution in [0.25, 0.3) is 0 Å². The van der Waals surface area contributed by atoms with Crippen LogP contribution in [0.3, 0.4) is 0 Å². The zero-order valence-electron chi connectivity index (χ0n) is 11.5. The van der Waals surface area contributed by atoms with Gasteiger partial charge in [-0.1, -0.05) is 12.2 Å². The normalized spacial score (nSPS) is 18.4. The molecule has 1 fully saturated rings. The molecule has 5 heteroatoms. The van der Waals surface area contributed by atoms with Crippen molar-refractivity contribution in [3.05, 3.63) is 23.4 Å². The summed E-state index contributed by atoms with van der Waals surface area (Å²) in [6.07, 6.45) is 3.52. The number of thiocarbonyl (C=S) groups is 1. The lowest BCUT2D eigenvalue weighted by molar-refractivity contribution is 0.110. The number of aliphatic hydroxyl groups excluding tert-OH is 1. The summed E-state index contributed by atoms with van der Waals surface area (Å²) in [5, 5.41) is 9.65. The molecule has 1 atom stereocenters. The van der Waals surface area contributed by atoms with Crippen LogP contribution in [-0.4, -0.2) is 34.3 Å². The number of nitrogens with two attached hydrogens (primary N) is 1. The molecule has 4 nitrogen and oxygen atoms in total. The van der Waals surface area contributed by atoms with E-state index >= 15 is 0 Å². The first-order valence-electron chi connectivity index (χ1n) is 6.69. The summed E-state index contributed by atoms with van der Waals surface area (Å²) >= 11 is 5.14. The topological polar surface area (TPSA) is 62.4 Å². The third kappa shape index (κ3) is 3.04. The third-order valence-corrected chi connectivity index (χ3v) is 4.11. The molecular formula is C14H21N3OS. The number of pyridine rings is 1. The van der Waals surface area contributed by atoms with Gasteiger partial charge < -0.3 is 15.7 Å². The van der Waals surface area contributed by atoms with Crippen LogP contribution in [0.2, 0.25) is 0 Å². The molecule has 1 unspecified atom stereocenters. The molecule has 1 aromatic rings. The average Bonchev–Trinajstić information content (AvgIpc) is 2.38. The van der Waals surface area contributed by atoms with Crippen LogP contribution in [0.15, 0.2) is 12.3 Å². The van der Waals surface area contributed by atoms with E-state index in [-0.39, 0.29) is 6.10 Å². The number of hydrogen-bond acceptors (Lipinski definition) is 4. The van der Waals surface area contributed by atoms with E-state index in [9.17, 15) is 5.11 Å². The Morgan fingerprint density at radius 1 is 1.53 bits per heavy atom. The maximum atomic E-state index is 9.65. The van der Waals surface area contributed by atoms with Crippen molar-refractivity contribution < 1.29 is 5.11 Å². The van der Waals surface area contributed by atoms with Gasteiger partial charge in [-0.25, -0.2) is 4.98 Å².